The number of fused-ring (bicyclic) bond motifs is 1. The monoisotopic (exact) mass is 321 g/mol. The highest BCUT2D eigenvalue weighted by Gasteiger charge is 2.17. The Morgan fingerprint density at radius 3 is 2.46 bits per heavy atom. The Morgan fingerprint density at radius 2 is 1.83 bits per heavy atom. The summed E-state index contributed by atoms with van der Waals surface area (Å²) in [6.07, 6.45) is 3.96. The summed E-state index contributed by atoms with van der Waals surface area (Å²) in [5.74, 6) is 0.918. The first-order chi connectivity index (χ1) is 11.5. The summed E-state index contributed by atoms with van der Waals surface area (Å²) in [6.45, 7) is 8.31. The van der Waals surface area contributed by atoms with Crippen molar-refractivity contribution in [3.63, 3.8) is 0 Å². The van der Waals surface area contributed by atoms with Gasteiger partial charge in [-0.1, -0.05) is 13.0 Å². The van der Waals surface area contributed by atoms with Crippen LogP contribution in [0, 0.1) is 20.8 Å². The number of pyridine rings is 1. The van der Waals surface area contributed by atoms with E-state index in [4.69, 9.17) is 4.74 Å². The van der Waals surface area contributed by atoms with Crippen LogP contribution in [-0.2, 0) is 6.42 Å². The minimum atomic E-state index is 0.701. The first-order valence-corrected chi connectivity index (χ1v) is 8.26. The highest BCUT2D eigenvalue weighted by Crippen LogP contribution is 2.36. The van der Waals surface area contributed by atoms with Crippen LogP contribution in [0.25, 0.3) is 16.6 Å². The van der Waals surface area contributed by atoms with Crippen molar-refractivity contribution in [1.82, 2.24) is 4.40 Å². The third kappa shape index (κ3) is 2.41. The average molecular weight is 321 g/mol. The highest BCUT2D eigenvalue weighted by molar-refractivity contribution is 5.91. The molecule has 24 heavy (non-hydrogen) atoms. The molecule has 0 amide bonds. The lowest BCUT2D eigenvalue weighted by Crippen LogP contribution is -1.98. The van der Waals surface area contributed by atoms with Gasteiger partial charge in [0.25, 0.3) is 0 Å². The minimum Gasteiger partial charge on any atom is -0.496 e. The standard InChI is InChI=1S/C21H23NO2/c1-6-16-7-8-17-10-19(20(12-23)22(17)11-16)18-9-13(2)21(24-5)15(4)14(18)3/h7-12H,6H2,1-5H3. The van der Waals surface area contributed by atoms with Crippen molar-refractivity contribution in [1.29, 1.82) is 0 Å². The Hall–Kier alpha value is -2.55. The minimum absolute atomic E-state index is 0.701. The van der Waals surface area contributed by atoms with E-state index in [1.807, 2.05) is 11.3 Å². The number of ether oxygens (including phenoxy) is 1. The summed E-state index contributed by atoms with van der Waals surface area (Å²) < 4.78 is 7.51. The van der Waals surface area contributed by atoms with Gasteiger partial charge in [0, 0.05) is 17.3 Å². The fraction of sp³-hybridized carbons (Fsp3) is 0.286. The van der Waals surface area contributed by atoms with Crippen molar-refractivity contribution >= 4 is 11.8 Å². The summed E-state index contributed by atoms with van der Waals surface area (Å²) in [5, 5.41) is 0. The van der Waals surface area contributed by atoms with Gasteiger partial charge in [-0.15, -0.1) is 0 Å². The van der Waals surface area contributed by atoms with Crippen molar-refractivity contribution in [2.45, 2.75) is 34.1 Å². The quantitative estimate of drug-likeness (QED) is 0.639. The van der Waals surface area contributed by atoms with Crippen LogP contribution in [0.1, 0.15) is 39.7 Å². The smallest absolute Gasteiger partial charge is 0.167 e. The summed E-state index contributed by atoms with van der Waals surface area (Å²) in [6, 6.07) is 8.40. The van der Waals surface area contributed by atoms with Gasteiger partial charge in [0.15, 0.2) is 6.29 Å². The van der Waals surface area contributed by atoms with Crippen LogP contribution in [0.2, 0.25) is 0 Å². The Labute approximate surface area is 142 Å². The van der Waals surface area contributed by atoms with E-state index in [0.29, 0.717) is 5.69 Å². The molecule has 3 rings (SSSR count). The molecule has 3 nitrogen and oxygen atoms in total. The van der Waals surface area contributed by atoms with Gasteiger partial charge >= 0.3 is 0 Å². The molecule has 3 heteroatoms. The van der Waals surface area contributed by atoms with Crippen LogP contribution in [0.15, 0.2) is 30.5 Å². The number of hydrogen-bond donors (Lipinski definition) is 0. The molecule has 0 aliphatic carbocycles. The zero-order valence-corrected chi connectivity index (χ0v) is 14.9. The second-order valence-corrected chi connectivity index (χ2v) is 6.27. The molecule has 2 aromatic heterocycles. The lowest BCUT2D eigenvalue weighted by molar-refractivity contribution is 0.111. The van der Waals surface area contributed by atoms with Crippen LogP contribution in [0.5, 0.6) is 5.75 Å². The number of aldehydes is 1. The molecular weight excluding hydrogens is 298 g/mol. The molecular formula is C21H23NO2. The number of benzene rings is 1. The topological polar surface area (TPSA) is 30.7 Å². The van der Waals surface area contributed by atoms with Gasteiger partial charge in [-0.3, -0.25) is 4.79 Å². The van der Waals surface area contributed by atoms with Gasteiger partial charge in [0.05, 0.1) is 12.8 Å². The largest absolute Gasteiger partial charge is 0.496 e. The Bertz CT molecular complexity index is 935. The number of aromatic nitrogens is 1. The molecule has 0 aliphatic heterocycles. The number of aryl methyl sites for hydroxylation is 2. The second-order valence-electron chi connectivity index (χ2n) is 6.27. The van der Waals surface area contributed by atoms with Crippen LogP contribution in [0.4, 0.5) is 0 Å². The number of methoxy groups -OCH3 is 1. The Morgan fingerprint density at radius 1 is 1.08 bits per heavy atom. The van der Waals surface area contributed by atoms with E-state index >= 15 is 0 Å². The lowest BCUT2D eigenvalue weighted by atomic mass is 9.94. The molecule has 0 aliphatic rings. The molecule has 0 radical (unpaired) electrons. The van der Waals surface area contributed by atoms with Gasteiger partial charge in [-0.05, 0) is 73.2 Å². The summed E-state index contributed by atoms with van der Waals surface area (Å²) >= 11 is 0. The molecule has 124 valence electrons. The van der Waals surface area contributed by atoms with Crippen LogP contribution >= 0.6 is 0 Å². The summed E-state index contributed by atoms with van der Waals surface area (Å²) in [4.78, 5) is 11.8. The van der Waals surface area contributed by atoms with Gasteiger partial charge in [0.2, 0.25) is 0 Å². The predicted octanol–water partition coefficient (Wildman–Crippen LogP) is 4.92. The molecule has 0 fully saturated rings. The van der Waals surface area contributed by atoms with E-state index < -0.39 is 0 Å². The zero-order chi connectivity index (χ0) is 17.4. The third-order valence-corrected chi connectivity index (χ3v) is 4.91. The first-order valence-electron chi connectivity index (χ1n) is 8.26. The van der Waals surface area contributed by atoms with Gasteiger partial charge in [-0.25, -0.2) is 0 Å². The number of hydrogen-bond acceptors (Lipinski definition) is 2. The zero-order valence-electron chi connectivity index (χ0n) is 14.9. The average Bonchev–Trinajstić information content (AvgIpc) is 2.95. The van der Waals surface area contributed by atoms with E-state index in [1.54, 1.807) is 7.11 Å². The van der Waals surface area contributed by atoms with Crippen molar-refractivity contribution in [3.05, 3.63) is 58.4 Å². The number of carbonyl (C=O) groups excluding carboxylic acids is 1. The first kappa shape index (κ1) is 16.3. The molecule has 0 saturated heterocycles. The predicted molar refractivity (Wildman–Crippen MR) is 98.4 cm³/mol. The van der Waals surface area contributed by atoms with Crippen LogP contribution in [-0.4, -0.2) is 17.8 Å². The molecule has 0 saturated carbocycles. The van der Waals surface area contributed by atoms with Crippen molar-refractivity contribution in [2.75, 3.05) is 7.11 Å². The number of nitrogens with zero attached hydrogens (tertiary/aromatic N) is 1. The highest BCUT2D eigenvalue weighted by atomic mass is 16.5. The maximum absolute atomic E-state index is 11.8. The SMILES string of the molecule is CCc1ccc2cc(-c3cc(C)c(OC)c(C)c3C)c(C=O)n2c1. The summed E-state index contributed by atoms with van der Waals surface area (Å²) in [5.41, 5.74) is 8.37. The molecule has 1 aromatic carbocycles. The molecule has 2 heterocycles. The molecule has 0 unspecified atom stereocenters. The fourth-order valence-corrected chi connectivity index (χ4v) is 3.43. The van der Waals surface area contributed by atoms with E-state index in [9.17, 15) is 4.79 Å². The van der Waals surface area contributed by atoms with Crippen molar-refractivity contribution < 1.29 is 9.53 Å². The Balaban J connectivity index is 2.32. The van der Waals surface area contributed by atoms with Crippen molar-refractivity contribution in [2.24, 2.45) is 0 Å². The maximum atomic E-state index is 11.8. The lowest BCUT2D eigenvalue weighted by Gasteiger charge is -2.15. The van der Waals surface area contributed by atoms with E-state index in [1.165, 1.54) is 5.56 Å². The van der Waals surface area contributed by atoms with E-state index in [2.05, 4.69) is 51.2 Å². The van der Waals surface area contributed by atoms with E-state index in [0.717, 1.165) is 51.8 Å². The maximum Gasteiger partial charge on any atom is 0.167 e. The number of rotatable bonds is 4. The van der Waals surface area contributed by atoms with Gasteiger partial charge in [0.1, 0.15) is 5.75 Å². The molecule has 0 bridgehead atoms. The molecule has 0 N–H and O–H groups in total. The normalized spacial score (nSPS) is 11.0. The fourth-order valence-electron chi connectivity index (χ4n) is 3.43. The molecule has 0 atom stereocenters. The number of carbonyl (C=O) groups is 1. The third-order valence-electron chi connectivity index (χ3n) is 4.91. The van der Waals surface area contributed by atoms with Crippen LogP contribution < -0.4 is 4.74 Å². The Kier molecular flexibility index (Phi) is 4.18. The van der Waals surface area contributed by atoms with Gasteiger partial charge in [-0.2, -0.15) is 0 Å². The van der Waals surface area contributed by atoms with Gasteiger partial charge < -0.3 is 9.14 Å². The second kappa shape index (κ2) is 6.16. The summed E-state index contributed by atoms with van der Waals surface area (Å²) in [7, 11) is 1.70. The van der Waals surface area contributed by atoms with Crippen LogP contribution in [0.3, 0.4) is 0 Å². The molecule has 0 spiro atoms. The van der Waals surface area contributed by atoms with E-state index in [-0.39, 0.29) is 0 Å². The molecule has 3 aromatic rings. The van der Waals surface area contributed by atoms with Crippen molar-refractivity contribution in [3.8, 4) is 16.9 Å².